The standard InChI is InChI=1S/2C10H8Br.C3H6.2ClH.Zr/c2*1-7-5-8-3-2-4-10(11)9(8)6-7;1-3-2;;;/h2*2-6H,1H3;1-2H3;2*1H;/q2*-1;;;;+2/p-2. The third kappa shape index (κ3) is 8.36. The van der Waals surface area contributed by atoms with Crippen molar-refractivity contribution in [1.29, 1.82) is 0 Å². The Morgan fingerprint density at radius 3 is 1.36 bits per heavy atom. The van der Waals surface area contributed by atoms with Crippen molar-refractivity contribution in [3.63, 3.8) is 0 Å². The molecule has 148 valence electrons. The maximum absolute atomic E-state index is 3.51. The average molecular weight is 620 g/mol. The summed E-state index contributed by atoms with van der Waals surface area (Å²) in [7, 11) is 0. The van der Waals surface area contributed by atoms with E-state index in [-0.39, 0.29) is 24.8 Å². The third-order valence-electron chi connectivity index (χ3n) is 3.68. The molecular formula is C23H22Br2Cl2Zr-2. The van der Waals surface area contributed by atoms with Crippen molar-refractivity contribution >= 4 is 56.6 Å². The molecule has 0 nitrogen and oxygen atoms in total. The van der Waals surface area contributed by atoms with Crippen LogP contribution in [0.25, 0.3) is 21.5 Å². The van der Waals surface area contributed by atoms with E-state index in [9.17, 15) is 0 Å². The summed E-state index contributed by atoms with van der Waals surface area (Å²) in [5.41, 5.74) is 2.65. The van der Waals surface area contributed by atoms with Crippen LogP contribution in [0.15, 0.2) is 69.6 Å². The van der Waals surface area contributed by atoms with Gasteiger partial charge in [-0.25, -0.2) is 0 Å². The molecule has 0 spiro atoms. The fourth-order valence-corrected chi connectivity index (χ4v) is 3.68. The van der Waals surface area contributed by atoms with E-state index < -0.39 is 0 Å². The maximum Gasteiger partial charge on any atom is -0.0262 e. The molecule has 0 N–H and O–H groups in total. The van der Waals surface area contributed by atoms with Crippen LogP contribution in [0, 0.1) is 13.8 Å². The number of rotatable bonds is 0. The first-order valence-electron chi connectivity index (χ1n) is 8.43. The second kappa shape index (κ2) is 13.3. The summed E-state index contributed by atoms with van der Waals surface area (Å²) >= 11 is 8.57. The van der Waals surface area contributed by atoms with Gasteiger partial charge in [0.2, 0.25) is 0 Å². The van der Waals surface area contributed by atoms with Gasteiger partial charge in [0.1, 0.15) is 0 Å². The SMILES string of the molecule is C[C](C)=[Zr+2].Cc1cc2c(Br)cccc2[cH-]1.Cc1cc2c(Br)cccc2[cH-]1.[Cl-].[Cl-]. The zero-order valence-corrected chi connectivity index (χ0v) is 23.4. The molecule has 0 aromatic heterocycles. The minimum Gasteiger partial charge on any atom is -1.00 e. The Kier molecular flexibility index (Phi) is 13.3. The molecule has 0 atom stereocenters. The van der Waals surface area contributed by atoms with Crippen LogP contribution in [0.5, 0.6) is 0 Å². The van der Waals surface area contributed by atoms with E-state index in [1.807, 2.05) is 0 Å². The van der Waals surface area contributed by atoms with Crippen LogP contribution in [0.4, 0.5) is 0 Å². The van der Waals surface area contributed by atoms with Gasteiger partial charge in [0, 0.05) is 0 Å². The Morgan fingerprint density at radius 2 is 1.07 bits per heavy atom. The predicted molar refractivity (Wildman–Crippen MR) is 120 cm³/mol. The maximum atomic E-state index is 3.51. The van der Waals surface area contributed by atoms with Crippen LogP contribution >= 0.6 is 31.9 Å². The largest absolute Gasteiger partial charge is 1.00 e. The molecule has 28 heavy (non-hydrogen) atoms. The molecule has 4 aromatic carbocycles. The second-order valence-corrected chi connectivity index (χ2v) is 10.7. The minimum absolute atomic E-state index is 0. The molecule has 0 unspecified atom stereocenters. The van der Waals surface area contributed by atoms with Crippen LogP contribution in [-0.4, -0.2) is 3.21 Å². The summed E-state index contributed by atoms with van der Waals surface area (Å²) in [6.07, 6.45) is 0. The predicted octanol–water partition coefficient (Wildman–Crippen LogP) is 2.01. The van der Waals surface area contributed by atoms with Gasteiger partial charge in [-0.15, -0.1) is 69.1 Å². The van der Waals surface area contributed by atoms with Crippen molar-refractivity contribution in [2.45, 2.75) is 27.7 Å². The van der Waals surface area contributed by atoms with Gasteiger partial charge in [-0.05, 0) is 8.95 Å². The van der Waals surface area contributed by atoms with E-state index in [2.05, 4.69) is 120 Å². The Hall–Kier alpha value is -0.0469. The second-order valence-electron chi connectivity index (χ2n) is 6.55. The van der Waals surface area contributed by atoms with Crippen molar-refractivity contribution in [2.24, 2.45) is 0 Å². The fraction of sp³-hybridized carbons (Fsp3) is 0.174. The number of hydrogen-bond acceptors (Lipinski definition) is 0. The molecule has 0 amide bonds. The molecule has 0 saturated heterocycles. The summed E-state index contributed by atoms with van der Waals surface area (Å²) in [6.45, 7) is 8.48. The van der Waals surface area contributed by atoms with Gasteiger partial charge >= 0.3 is 41.3 Å². The Balaban J connectivity index is 0.000000415. The van der Waals surface area contributed by atoms with E-state index in [0.29, 0.717) is 0 Å². The van der Waals surface area contributed by atoms with Crippen LogP contribution in [0.2, 0.25) is 0 Å². The molecule has 0 radical (unpaired) electrons. The van der Waals surface area contributed by atoms with Crippen LogP contribution < -0.4 is 24.8 Å². The molecule has 0 heterocycles. The van der Waals surface area contributed by atoms with Crippen molar-refractivity contribution in [3.05, 3.63) is 80.7 Å². The van der Waals surface area contributed by atoms with E-state index in [1.165, 1.54) is 44.8 Å². The molecule has 5 heteroatoms. The topological polar surface area (TPSA) is 0 Å². The normalized spacial score (nSPS) is 9.43. The van der Waals surface area contributed by atoms with Crippen molar-refractivity contribution in [2.75, 3.05) is 0 Å². The summed E-state index contributed by atoms with van der Waals surface area (Å²) in [5.74, 6) is 0. The molecule has 0 fully saturated rings. The molecule has 0 aliphatic carbocycles. The summed E-state index contributed by atoms with van der Waals surface area (Å²) < 4.78 is 3.87. The first-order valence-corrected chi connectivity index (χ1v) is 11.2. The van der Waals surface area contributed by atoms with Gasteiger partial charge < -0.3 is 24.8 Å². The van der Waals surface area contributed by atoms with Gasteiger partial charge in [-0.2, -0.15) is 12.1 Å². The third-order valence-corrected chi connectivity index (χ3v) is 5.07. The number of hydrogen-bond donors (Lipinski definition) is 0. The first-order chi connectivity index (χ1) is 12.3. The number of halogens is 4. The van der Waals surface area contributed by atoms with E-state index >= 15 is 0 Å². The van der Waals surface area contributed by atoms with E-state index in [1.54, 1.807) is 24.2 Å². The smallest absolute Gasteiger partial charge is 0.0262 e. The van der Waals surface area contributed by atoms with Gasteiger partial charge in [0.15, 0.2) is 0 Å². The molecule has 0 bridgehead atoms. The van der Waals surface area contributed by atoms with Gasteiger partial charge in [0.25, 0.3) is 0 Å². The van der Waals surface area contributed by atoms with Gasteiger partial charge in [-0.1, -0.05) is 57.8 Å². The van der Waals surface area contributed by atoms with Crippen LogP contribution in [0.3, 0.4) is 0 Å². The van der Waals surface area contributed by atoms with Gasteiger partial charge in [0.05, 0.1) is 0 Å². The molecule has 0 aliphatic heterocycles. The zero-order valence-electron chi connectivity index (χ0n) is 16.3. The Bertz CT molecular complexity index is 950. The summed E-state index contributed by atoms with van der Waals surface area (Å²) in [4.78, 5) is 0. The Morgan fingerprint density at radius 1 is 0.750 bits per heavy atom. The first kappa shape index (κ1) is 28.0. The van der Waals surface area contributed by atoms with Crippen molar-refractivity contribution in [3.8, 4) is 0 Å². The Labute approximate surface area is 212 Å². The molecule has 0 saturated carbocycles. The molecular weight excluding hydrogens is 598 g/mol. The van der Waals surface area contributed by atoms with E-state index in [4.69, 9.17) is 0 Å². The van der Waals surface area contributed by atoms with Gasteiger partial charge in [-0.3, -0.25) is 0 Å². The minimum atomic E-state index is 0. The number of fused-ring (bicyclic) bond motifs is 2. The van der Waals surface area contributed by atoms with Crippen LogP contribution in [-0.2, 0) is 24.2 Å². The van der Waals surface area contributed by atoms with Crippen molar-refractivity contribution < 1.29 is 49.0 Å². The quantitative estimate of drug-likeness (QED) is 0.264. The molecule has 4 aromatic rings. The van der Waals surface area contributed by atoms with Crippen LogP contribution in [0.1, 0.15) is 25.0 Å². The summed E-state index contributed by atoms with van der Waals surface area (Å²) in [6, 6.07) is 21.3. The van der Waals surface area contributed by atoms with E-state index in [0.717, 1.165) is 0 Å². The monoisotopic (exact) mass is 616 g/mol. The zero-order chi connectivity index (χ0) is 19.3. The molecule has 4 rings (SSSR count). The number of benzene rings is 2. The molecule has 0 aliphatic rings. The fourth-order valence-electron chi connectivity index (χ4n) is 2.69. The van der Waals surface area contributed by atoms with Crippen molar-refractivity contribution in [1.82, 2.24) is 0 Å². The average Bonchev–Trinajstić information content (AvgIpc) is 3.11. The number of aryl methyl sites for hydroxylation is 2. The summed E-state index contributed by atoms with van der Waals surface area (Å²) in [5, 5.41) is 5.25.